The lowest BCUT2D eigenvalue weighted by atomic mass is 10.1. The minimum absolute atomic E-state index is 0. The Morgan fingerprint density at radius 1 is 1.07 bits per heavy atom. The largest absolute Gasteiger partial charge is 0.383 e. The number of aliphatic imine (C=N–C) groups is 1. The number of sulfonamides is 1. The van der Waals surface area contributed by atoms with E-state index in [4.69, 9.17) is 4.74 Å². The zero-order valence-electron chi connectivity index (χ0n) is 17.0. The van der Waals surface area contributed by atoms with E-state index in [1.807, 2.05) is 6.07 Å². The third kappa shape index (κ3) is 8.94. The second kappa shape index (κ2) is 13.5. The van der Waals surface area contributed by atoms with E-state index in [0.29, 0.717) is 25.7 Å². The third-order valence-corrected chi connectivity index (χ3v) is 5.57. The number of rotatable bonds is 10. The summed E-state index contributed by atoms with van der Waals surface area (Å²) in [5.74, 6) is 0.343. The monoisotopic (exact) mass is 550 g/mol. The maximum Gasteiger partial charge on any atom is 0.240 e. The predicted octanol–water partition coefficient (Wildman–Crippen LogP) is 2.28. The molecule has 0 aliphatic carbocycles. The normalized spacial score (nSPS) is 11.6. The summed E-state index contributed by atoms with van der Waals surface area (Å²) in [5, 5.41) is 6.34. The minimum atomic E-state index is -3.58. The molecule has 0 saturated heterocycles. The fourth-order valence-electron chi connectivity index (χ4n) is 2.57. The fourth-order valence-corrected chi connectivity index (χ4v) is 3.65. The van der Waals surface area contributed by atoms with Gasteiger partial charge in [-0.15, -0.1) is 24.0 Å². The lowest BCUT2D eigenvalue weighted by molar-refractivity contribution is 0.204. The molecule has 0 aliphatic rings. The van der Waals surface area contributed by atoms with Crippen molar-refractivity contribution in [1.29, 1.82) is 0 Å². The van der Waals surface area contributed by atoms with Crippen molar-refractivity contribution in [2.24, 2.45) is 4.99 Å². The molecule has 2 rings (SSSR count). The Hall–Kier alpha value is -1.76. The number of nitrogens with one attached hydrogen (secondary N) is 3. The molecule has 0 unspecified atom stereocenters. The van der Waals surface area contributed by atoms with Crippen LogP contribution in [0.25, 0.3) is 0 Å². The first kappa shape index (κ1) is 26.3. The molecule has 7 nitrogen and oxygen atoms in total. The molecule has 0 atom stereocenters. The summed E-state index contributed by atoms with van der Waals surface area (Å²) in [6, 6.07) is 13.1. The van der Waals surface area contributed by atoms with E-state index >= 15 is 0 Å². The van der Waals surface area contributed by atoms with Gasteiger partial charge in [0.05, 0.1) is 11.5 Å². The molecule has 166 valence electrons. The molecule has 0 spiro atoms. The third-order valence-electron chi connectivity index (χ3n) is 4.11. The highest BCUT2D eigenvalue weighted by Gasteiger charge is 2.13. The van der Waals surface area contributed by atoms with E-state index in [9.17, 15) is 12.8 Å². The van der Waals surface area contributed by atoms with Gasteiger partial charge in [-0.25, -0.2) is 17.5 Å². The molecule has 0 saturated carbocycles. The minimum Gasteiger partial charge on any atom is -0.383 e. The quantitative estimate of drug-likeness (QED) is 0.183. The molecule has 30 heavy (non-hydrogen) atoms. The maximum absolute atomic E-state index is 12.9. The number of nitrogens with zero attached hydrogens (tertiary/aromatic N) is 1. The van der Waals surface area contributed by atoms with Crippen molar-refractivity contribution in [3.05, 3.63) is 65.5 Å². The molecule has 0 radical (unpaired) electrons. The van der Waals surface area contributed by atoms with E-state index in [-0.39, 0.29) is 41.2 Å². The van der Waals surface area contributed by atoms with E-state index in [1.54, 1.807) is 37.4 Å². The summed E-state index contributed by atoms with van der Waals surface area (Å²) in [6.07, 6.45) is 0.724. The number of hydrogen-bond donors (Lipinski definition) is 3. The van der Waals surface area contributed by atoms with Gasteiger partial charge in [0.1, 0.15) is 5.82 Å². The Morgan fingerprint density at radius 2 is 1.80 bits per heavy atom. The number of methoxy groups -OCH3 is 1. The fraction of sp³-hybridized carbons (Fsp3) is 0.350. The Balaban J connectivity index is 0.00000450. The van der Waals surface area contributed by atoms with Gasteiger partial charge in [-0.3, -0.25) is 4.99 Å². The van der Waals surface area contributed by atoms with Crippen molar-refractivity contribution >= 4 is 40.0 Å². The highest BCUT2D eigenvalue weighted by Crippen LogP contribution is 2.11. The number of benzene rings is 2. The van der Waals surface area contributed by atoms with Gasteiger partial charge in [0, 0.05) is 33.8 Å². The van der Waals surface area contributed by atoms with Crippen LogP contribution in [-0.2, 0) is 27.7 Å². The van der Waals surface area contributed by atoms with Crippen molar-refractivity contribution in [1.82, 2.24) is 15.4 Å². The first-order chi connectivity index (χ1) is 13.9. The van der Waals surface area contributed by atoms with Crippen LogP contribution in [0.3, 0.4) is 0 Å². The second-order valence-corrected chi connectivity index (χ2v) is 8.03. The standard InChI is InChI=1S/C20H27FN4O3S.HI/c1-22-20(23-11-10-16-6-8-18(21)9-7-16)24-15-17-4-3-5-19(14-17)29(26,27)25-12-13-28-2;/h3-9,14,25H,10-13,15H2,1-2H3,(H2,22,23,24);1H. The molecular weight excluding hydrogens is 522 g/mol. The van der Waals surface area contributed by atoms with Gasteiger partial charge in [-0.1, -0.05) is 24.3 Å². The number of ether oxygens (including phenoxy) is 1. The molecule has 0 aromatic heterocycles. The average molecular weight is 550 g/mol. The Kier molecular flexibility index (Phi) is 11.8. The molecule has 0 aliphatic heterocycles. The summed E-state index contributed by atoms with van der Waals surface area (Å²) in [7, 11) is -0.402. The van der Waals surface area contributed by atoms with Crippen LogP contribution in [0.4, 0.5) is 4.39 Å². The van der Waals surface area contributed by atoms with Crippen LogP contribution < -0.4 is 15.4 Å². The van der Waals surface area contributed by atoms with Crippen LogP contribution in [0.15, 0.2) is 58.4 Å². The maximum atomic E-state index is 12.9. The zero-order chi connectivity index (χ0) is 21.1. The first-order valence-corrected chi connectivity index (χ1v) is 10.7. The van der Waals surface area contributed by atoms with Gasteiger partial charge in [-0.05, 0) is 41.8 Å². The van der Waals surface area contributed by atoms with Crippen LogP contribution in [0.1, 0.15) is 11.1 Å². The van der Waals surface area contributed by atoms with Gasteiger partial charge in [-0.2, -0.15) is 0 Å². The van der Waals surface area contributed by atoms with Gasteiger partial charge < -0.3 is 15.4 Å². The topological polar surface area (TPSA) is 91.8 Å². The SMILES string of the molecule is CN=C(NCCc1ccc(F)cc1)NCc1cccc(S(=O)(=O)NCCOC)c1.I. The highest BCUT2D eigenvalue weighted by molar-refractivity contribution is 14.0. The van der Waals surface area contributed by atoms with Crippen molar-refractivity contribution in [3.63, 3.8) is 0 Å². The molecule has 10 heteroatoms. The van der Waals surface area contributed by atoms with E-state index in [1.165, 1.54) is 19.2 Å². The molecule has 3 N–H and O–H groups in total. The number of hydrogen-bond acceptors (Lipinski definition) is 4. The van der Waals surface area contributed by atoms with Crippen molar-refractivity contribution < 1.29 is 17.5 Å². The van der Waals surface area contributed by atoms with Gasteiger partial charge in [0.2, 0.25) is 10.0 Å². The van der Waals surface area contributed by atoms with Gasteiger partial charge in [0.25, 0.3) is 0 Å². The molecule has 0 fully saturated rings. The molecule has 0 amide bonds. The number of guanidine groups is 1. The van der Waals surface area contributed by atoms with Crippen molar-refractivity contribution in [2.45, 2.75) is 17.9 Å². The summed E-state index contributed by atoms with van der Waals surface area (Å²) in [5.41, 5.74) is 1.83. The van der Waals surface area contributed by atoms with Crippen LogP contribution in [0.2, 0.25) is 0 Å². The molecular formula is C20H28FIN4O3S. The van der Waals surface area contributed by atoms with Crippen LogP contribution in [0.5, 0.6) is 0 Å². The second-order valence-electron chi connectivity index (χ2n) is 6.27. The summed E-state index contributed by atoms with van der Waals surface area (Å²) in [4.78, 5) is 4.36. The van der Waals surface area contributed by atoms with E-state index in [2.05, 4.69) is 20.3 Å². The predicted molar refractivity (Wildman–Crippen MR) is 127 cm³/mol. The zero-order valence-corrected chi connectivity index (χ0v) is 20.2. The highest BCUT2D eigenvalue weighted by atomic mass is 127. The first-order valence-electron chi connectivity index (χ1n) is 9.21. The Morgan fingerprint density at radius 3 is 2.47 bits per heavy atom. The smallest absolute Gasteiger partial charge is 0.240 e. The summed E-state index contributed by atoms with van der Waals surface area (Å²) >= 11 is 0. The van der Waals surface area contributed by atoms with Crippen molar-refractivity contribution in [3.8, 4) is 0 Å². The Bertz CT molecular complexity index is 909. The molecule has 2 aromatic rings. The van der Waals surface area contributed by atoms with E-state index < -0.39 is 10.0 Å². The van der Waals surface area contributed by atoms with Gasteiger partial charge >= 0.3 is 0 Å². The van der Waals surface area contributed by atoms with Gasteiger partial charge in [0.15, 0.2) is 5.96 Å². The van der Waals surface area contributed by atoms with Crippen molar-refractivity contribution in [2.75, 3.05) is 33.9 Å². The molecule has 0 bridgehead atoms. The van der Waals surface area contributed by atoms with Crippen LogP contribution in [-0.4, -0.2) is 48.2 Å². The molecule has 0 heterocycles. The molecule has 2 aromatic carbocycles. The Labute approximate surface area is 194 Å². The summed E-state index contributed by atoms with van der Waals surface area (Å²) < 4.78 is 44.9. The lowest BCUT2D eigenvalue weighted by Gasteiger charge is -2.13. The number of halogens is 2. The lowest BCUT2D eigenvalue weighted by Crippen LogP contribution is -2.37. The van der Waals surface area contributed by atoms with Crippen LogP contribution >= 0.6 is 24.0 Å². The van der Waals surface area contributed by atoms with Crippen LogP contribution in [0, 0.1) is 5.82 Å². The van der Waals surface area contributed by atoms with E-state index in [0.717, 1.165) is 17.5 Å². The average Bonchev–Trinajstić information content (AvgIpc) is 2.72. The summed E-state index contributed by atoms with van der Waals surface area (Å²) in [6.45, 7) is 1.56.